The van der Waals surface area contributed by atoms with Gasteiger partial charge in [-0.05, 0) is 60.1 Å². The summed E-state index contributed by atoms with van der Waals surface area (Å²) in [4.78, 5) is 36.9. The molecule has 0 heterocycles. The van der Waals surface area contributed by atoms with E-state index in [1.54, 1.807) is 36.4 Å². The molecule has 2 aliphatic carbocycles. The lowest BCUT2D eigenvalue weighted by molar-refractivity contribution is -0.168. The molecular weight excluding hydrogens is 384 g/mol. The van der Waals surface area contributed by atoms with Crippen molar-refractivity contribution in [2.75, 3.05) is 14.2 Å². The molecule has 2 aliphatic rings. The predicted octanol–water partition coefficient (Wildman–Crippen LogP) is 3.66. The SMILES string of the molecule is COC(=O)C1(C(=O)OC)C[C@H]2C=C(c3ccc(OC(=O)c4ccccc4)cc3)[C@H]2C1. The van der Waals surface area contributed by atoms with Gasteiger partial charge in [0.15, 0.2) is 5.41 Å². The maximum atomic E-state index is 12.4. The molecule has 6 heteroatoms. The number of carbonyl (C=O) groups excluding carboxylic acids is 3. The minimum absolute atomic E-state index is 0.0842. The third kappa shape index (κ3) is 3.28. The predicted molar refractivity (Wildman–Crippen MR) is 108 cm³/mol. The monoisotopic (exact) mass is 406 g/mol. The van der Waals surface area contributed by atoms with Crippen molar-refractivity contribution in [1.82, 2.24) is 0 Å². The Hall–Kier alpha value is -3.41. The summed E-state index contributed by atoms with van der Waals surface area (Å²) in [6.45, 7) is 0. The molecule has 2 aromatic rings. The molecule has 0 radical (unpaired) electrons. The van der Waals surface area contributed by atoms with Crippen LogP contribution >= 0.6 is 0 Å². The molecule has 30 heavy (non-hydrogen) atoms. The Bertz CT molecular complexity index is 990. The maximum absolute atomic E-state index is 12.4. The number of benzene rings is 2. The van der Waals surface area contributed by atoms with E-state index in [0.29, 0.717) is 24.2 Å². The summed E-state index contributed by atoms with van der Waals surface area (Å²) >= 11 is 0. The van der Waals surface area contributed by atoms with Crippen molar-refractivity contribution in [3.05, 3.63) is 71.8 Å². The first-order chi connectivity index (χ1) is 14.5. The van der Waals surface area contributed by atoms with Gasteiger partial charge in [0.05, 0.1) is 19.8 Å². The number of rotatable bonds is 5. The van der Waals surface area contributed by atoms with E-state index in [9.17, 15) is 14.4 Å². The van der Waals surface area contributed by atoms with Gasteiger partial charge >= 0.3 is 17.9 Å². The normalized spacial score (nSPS) is 20.9. The van der Waals surface area contributed by atoms with Crippen LogP contribution in [0.25, 0.3) is 5.57 Å². The van der Waals surface area contributed by atoms with Gasteiger partial charge < -0.3 is 14.2 Å². The number of ether oxygens (including phenoxy) is 3. The Kier molecular flexibility index (Phi) is 5.16. The Morgan fingerprint density at radius 3 is 2.10 bits per heavy atom. The third-order valence-corrected chi connectivity index (χ3v) is 6.02. The zero-order chi connectivity index (χ0) is 21.3. The molecule has 0 bridgehead atoms. The molecule has 4 rings (SSSR count). The van der Waals surface area contributed by atoms with E-state index in [1.165, 1.54) is 14.2 Å². The highest BCUT2D eigenvalue weighted by Crippen LogP contribution is 2.58. The molecule has 0 aromatic heterocycles. The highest BCUT2D eigenvalue weighted by Gasteiger charge is 2.59. The molecule has 0 saturated heterocycles. The van der Waals surface area contributed by atoms with Crippen LogP contribution in [0, 0.1) is 17.3 Å². The van der Waals surface area contributed by atoms with E-state index in [0.717, 1.165) is 11.1 Å². The van der Waals surface area contributed by atoms with Crippen LogP contribution in [0.3, 0.4) is 0 Å². The fourth-order valence-electron chi connectivity index (χ4n) is 4.48. The molecule has 2 aromatic carbocycles. The zero-order valence-corrected chi connectivity index (χ0v) is 16.8. The molecular formula is C24H22O6. The summed E-state index contributed by atoms with van der Waals surface area (Å²) in [5.74, 6) is -0.828. The van der Waals surface area contributed by atoms with Crippen molar-refractivity contribution in [1.29, 1.82) is 0 Å². The first-order valence-corrected chi connectivity index (χ1v) is 9.75. The average molecular weight is 406 g/mol. The molecule has 0 spiro atoms. The molecule has 6 nitrogen and oxygen atoms in total. The van der Waals surface area contributed by atoms with Crippen LogP contribution in [0.15, 0.2) is 60.7 Å². The van der Waals surface area contributed by atoms with E-state index in [-0.39, 0.29) is 11.8 Å². The van der Waals surface area contributed by atoms with Gasteiger partial charge in [0.2, 0.25) is 0 Å². The number of hydrogen-bond donors (Lipinski definition) is 0. The zero-order valence-electron chi connectivity index (χ0n) is 16.8. The fraction of sp³-hybridized carbons (Fsp3) is 0.292. The smallest absolute Gasteiger partial charge is 0.343 e. The number of allylic oxidation sites excluding steroid dienone is 2. The molecule has 154 valence electrons. The first-order valence-electron chi connectivity index (χ1n) is 9.75. The average Bonchev–Trinajstić information content (AvgIpc) is 3.08. The van der Waals surface area contributed by atoms with Gasteiger partial charge in [0.25, 0.3) is 0 Å². The second-order valence-electron chi connectivity index (χ2n) is 7.65. The van der Waals surface area contributed by atoms with Crippen molar-refractivity contribution in [2.24, 2.45) is 17.3 Å². The summed E-state index contributed by atoms with van der Waals surface area (Å²) in [6.07, 6.45) is 2.85. The van der Waals surface area contributed by atoms with Crippen molar-refractivity contribution in [2.45, 2.75) is 12.8 Å². The van der Waals surface area contributed by atoms with Gasteiger partial charge in [-0.15, -0.1) is 0 Å². The fourth-order valence-corrected chi connectivity index (χ4v) is 4.48. The van der Waals surface area contributed by atoms with E-state index in [4.69, 9.17) is 14.2 Å². The van der Waals surface area contributed by atoms with Crippen LogP contribution in [0.4, 0.5) is 0 Å². The van der Waals surface area contributed by atoms with Crippen LogP contribution in [-0.2, 0) is 19.1 Å². The van der Waals surface area contributed by atoms with E-state index >= 15 is 0 Å². The summed E-state index contributed by atoms with van der Waals surface area (Å²) in [5.41, 5.74) is 1.29. The van der Waals surface area contributed by atoms with Crippen LogP contribution < -0.4 is 4.74 Å². The van der Waals surface area contributed by atoms with Crippen molar-refractivity contribution in [3.63, 3.8) is 0 Å². The van der Waals surface area contributed by atoms with Crippen LogP contribution in [-0.4, -0.2) is 32.1 Å². The Morgan fingerprint density at radius 2 is 1.50 bits per heavy atom. The summed E-state index contributed by atoms with van der Waals surface area (Å²) in [5, 5.41) is 0. The largest absolute Gasteiger partial charge is 0.468 e. The number of fused-ring (bicyclic) bond motifs is 1. The second kappa shape index (κ2) is 7.78. The summed E-state index contributed by atoms with van der Waals surface area (Å²) in [7, 11) is 2.58. The van der Waals surface area contributed by atoms with Crippen LogP contribution in [0.1, 0.15) is 28.8 Å². The van der Waals surface area contributed by atoms with Crippen molar-refractivity contribution in [3.8, 4) is 5.75 Å². The highest BCUT2D eigenvalue weighted by molar-refractivity contribution is 6.01. The third-order valence-electron chi connectivity index (χ3n) is 6.02. The summed E-state index contributed by atoms with van der Waals surface area (Å²) < 4.78 is 15.2. The number of methoxy groups -OCH3 is 2. The molecule has 0 N–H and O–H groups in total. The number of hydrogen-bond acceptors (Lipinski definition) is 6. The lowest BCUT2D eigenvalue weighted by Gasteiger charge is -2.30. The Morgan fingerprint density at radius 1 is 0.867 bits per heavy atom. The summed E-state index contributed by atoms with van der Waals surface area (Å²) in [6, 6.07) is 16.0. The van der Waals surface area contributed by atoms with Gasteiger partial charge in [-0.2, -0.15) is 0 Å². The standard InChI is InChI=1S/C24H22O6/c1-28-22(26)24(23(27)29-2)13-17-12-19(20(17)14-24)15-8-10-18(11-9-15)30-21(25)16-6-4-3-5-7-16/h3-12,17,20H,13-14H2,1-2H3/t17-,20+/m1/s1. The Labute approximate surface area is 174 Å². The van der Waals surface area contributed by atoms with Gasteiger partial charge in [-0.25, -0.2) is 4.79 Å². The van der Waals surface area contributed by atoms with Crippen LogP contribution in [0.5, 0.6) is 5.75 Å². The van der Waals surface area contributed by atoms with Gasteiger partial charge in [0.1, 0.15) is 5.75 Å². The molecule has 1 fully saturated rings. The molecule has 0 aliphatic heterocycles. The molecule has 1 saturated carbocycles. The topological polar surface area (TPSA) is 78.9 Å². The minimum Gasteiger partial charge on any atom is -0.468 e. The van der Waals surface area contributed by atoms with Gasteiger partial charge in [0, 0.05) is 0 Å². The number of carbonyl (C=O) groups is 3. The maximum Gasteiger partial charge on any atom is 0.343 e. The number of esters is 3. The van der Waals surface area contributed by atoms with E-state index < -0.39 is 23.3 Å². The van der Waals surface area contributed by atoms with Crippen molar-refractivity contribution < 1.29 is 28.6 Å². The molecule has 2 atom stereocenters. The minimum atomic E-state index is -1.25. The van der Waals surface area contributed by atoms with Gasteiger partial charge in [-0.1, -0.05) is 36.4 Å². The van der Waals surface area contributed by atoms with Crippen LogP contribution in [0.2, 0.25) is 0 Å². The lowest BCUT2D eigenvalue weighted by atomic mass is 9.74. The van der Waals surface area contributed by atoms with Gasteiger partial charge in [-0.3, -0.25) is 9.59 Å². The van der Waals surface area contributed by atoms with E-state index in [1.807, 2.05) is 18.2 Å². The molecule has 0 unspecified atom stereocenters. The lowest BCUT2D eigenvalue weighted by Crippen LogP contribution is -2.39. The van der Waals surface area contributed by atoms with E-state index in [2.05, 4.69) is 6.08 Å². The first kappa shape index (κ1) is 19.9. The highest BCUT2D eigenvalue weighted by atomic mass is 16.5. The second-order valence-corrected chi connectivity index (χ2v) is 7.65. The molecule has 0 amide bonds. The Balaban J connectivity index is 1.47. The quantitative estimate of drug-likeness (QED) is 0.428. The van der Waals surface area contributed by atoms with Crippen molar-refractivity contribution >= 4 is 23.5 Å².